The van der Waals surface area contributed by atoms with Crippen molar-refractivity contribution < 1.29 is 9.50 Å². The molecule has 0 spiro atoms. The van der Waals surface area contributed by atoms with Gasteiger partial charge in [0.25, 0.3) is 0 Å². The van der Waals surface area contributed by atoms with Crippen LogP contribution in [0.4, 0.5) is 4.39 Å². The summed E-state index contributed by atoms with van der Waals surface area (Å²) in [6, 6.07) is 0.759. The number of hydrogen-bond acceptors (Lipinski definition) is 3. The van der Waals surface area contributed by atoms with Crippen LogP contribution in [0.3, 0.4) is 0 Å². The van der Waals surface area contributed by atoms with E-state index in [-0.39, 0.29) is 0 Å². The molecule has 0 aliphatic carbocycles. The van der Waals surface area contributed by atoms with Gasteiger partial charge in [0.05, 0.1) is 6.10 Å². The monoisotopic (exact) mass is 190 g/mol. The van der Waals surface area contributed by atoms with Gasteiger partial charge in [0.1, 0.15) is 6.67 Å². The highest BCUT2D eigenvalue weighted by molar-refractivity contribution is 4.83. The summed E-state index contributed by atoms with van der Waals surface area (Å²) in [5.74, 6) is 0. The molecule has 0 radical (unpaired) electrons. The second kappa shape index (κ2) is 4.88. The minimum atomic E-state index is -0.831. The molecule has 1 heterocycles. The second-order valence-corrected chi connectivity index (χ2v) is 3.86. The lowest BCUT2D eigenvalue weighted by molar-refractivity contribution is 0.0382. The highest BCUT2D eigenvalue weighted by atomic mass is 19.1. The van der Waals surface area contributed by atoms with E-state index in [2.05, 4.69) is 24.1 Å². The Labute approximate surface area is 78.9 Å². The van der Waals surface area contributed by atoms with E-state index in [1.54, 1.807) is 0 Å². The molecule has 78 valence electrons. The van der Waals surface area contributed by atoms with Crippen LogP contribution < -0.4 is 5.32 Å². The lowest BCUT2D eigenvalue weighted by Gasteiger charge is -2.40. The normalized spacial score (nSPS) is 33.2. The average Bonchev–Trinajstić information content (AvgIpc) is 2.11. The van der Waals surface area contributed by atoms with Crippen molar-refractivity contribution in [3.63, 3.8) is 0 Å². The van der Waals surface area contributed by atoms with E-state index < -0.39 is 12.8 Å². The zero-order valence-corrected chi connectivity index (χ0v) is 8.33. The molecule has 4 heteroatoms. The number of hydrogen-bond donors (Lipinski definition) is 2. The zero-order chi connectivity index (χ0) is 9.84. The van der Waals surface area contributed by atoms with Crippen molar-refractivity contribution in [1.82, 2.24) is 10.2 Å². The van der Waals surface area contributed by atoms with Gasteiger partial charge in [-0.15, -0.1) is 0 Å². The van der Waals surface area contributed by atoms with Crippen LogP contribution in [0, 0.1) is 0 Å². The molecule has 3 atom stereocenters. The molecule has 0 amide bonds. The average molecular weight is 190 g/mol. The van der Waals surface area contributed by atoms with Gasteiger partial charge in [-0.2, -0.15) is 0 Å². The molecule has 3 unspecified atom stereocenters. The van der Waals surface area contributed by atoms with Gasteiger partial charge >= 0.3 is 0 Å². The van der Waals surface area contributed by atoms with Gasteiger partial charge in [0.15, 0.2) is 0 Å². The van der Waals surface area contributed by atoms with Crippen molar-refractivity contribution in [2.45, 2.75) is 32.0 Å². The molecule has 0 saturated carbocycles. The van der Waals surface area contributed by atoms with E-state index in [1.165, 1.54) is 0 Å². The van der Waals surface area contributed by atoms with E-state index >= 15 is 0 Å². The molecule has 3 nitrogen and oxygen atoms in total. The summed E-state index contributed by atoms with van der Waals surface area (Å²) < 4.78 is 12.1. The minimum absolute atomic E-state index is 0.380. The van der Waals surface area contributed by atoms with Crippen LogP contribution >= 0.6 is 0 Å². The number of alkyl halides is 1. The maximum absolute atomic E-state index is 12.1. The number of piperazine rings is 1. The third kappa shape index (κ3) is 2.90. The fraction of sp³-hybridized carbons (Fsp3) is 1.00. The zero-order valence-electron chi connectivity index (χ0n) is 8.33. The summed E-state index contributed by atoms with van der Waals surface area (Å²) in [4.78, 5) is 2.15. The molecule has 1 rings (SSSR count). The fourth-order valence-electron chi connectivity index (χ4n) is 1.82. The van der Waals surface area contributed by atoms with E-state index in [9.17, 15) is 9.50 Å². The van der Waals surface area contributed by atoms with Crippen LogP contribution in [0.5, 0.6) is 0 Å². The number of halogens is 1. The Bertz CT molecular complexity index is 147. The summed E-state index contributed by atoms with van der Waals surface area (Å²) in [7, 11) is 0. The predicted molar refractivity (Wildman–Crippen MR) is 50.5 cm³/mol. The van der Waals surface area contributed by atoms with E-state index in [0.29, 0.717) is 18.6 Å². The van der Waals surface area contributed by atoms with E-state index in [0.717, 1.165) is 13.1 Å². The van der Waals surface area contributed by atoms with Crippen LogP contribution in [0.1, 0.15) is 13.8 Å². The Balaban J connectivity index is 2.43. The van der Waals surface area contributed by atoms with Crippen LogP contribution in [-0.4, -0.2) is 54.5 Å². The maximum Gasteiger partial charge on any atom is 0.117 e. The van der Waals surface area contributed by atoms with Crippen LogP contribution in [0.25, 0.3) is 0 Å². The van der Waals surface area contributed by atoms with Crippen molar-refractivity contribution in [2.24, 2.45) is 0 Å². The van der Waals surface area contributed by atoms with Crippen LogP contribution in [0.15, 0.2) is 0 Å². The standard InChI is InChI=1S/C9H19FN2O/c1-7-4-11-5-8(2)12(7)6-9(13)3-10/h7-9,11,13H,3-6H2,1-2H3. The lowest BCUT2D eigenvalue weighted by atomic mass is 10.1. The minimum Gasteiger partial charge on any atom is -0.389 e. The number of nitrogens with zero attached hydrogens (tertiary/aromatic N) is 1. The van der Waals surface area contributed by atoms with Gasteiger partial charge in [-0.3, -0.25) is 4.90 Å². The number of β-amino-alcohol motifs (C(OH)–C–C–N with tert-alkyl or cyclic N) is 1. The Kier molecular flexibility index (Phi) is 4.09. The quantitative estimate of drug-likeness (QED) is 0.657. The number of nitrogens with one attached hydrogen (secondary N) is 1. The van der Waals surface area contributed by atoms with Gasteiger partial charge in [-0.1, -0.05) is 0 Å². The lowest BCUT2D eigenvalue weighted by Crippen LogP contribution is -2.57. The molecule has 0 aromatic rings. The van der Waals surface area contributed by atoms with Crippen molar-refractivity contribution in [2.75, 3.05) is 26.3 Å². The van der Waals surface area contributed by atoms with Gasteiger partial charge < -0.3 is 10.4 Å². The van der Waals surface area contributed by atoms with Gasteiger partial charge in [0.2, 0.25) is 0 Å². The Hall–Kier alpha value is -0.190. The second-order valence-electron chi connectivity index (χ2n) is 3.86. The third-order valence-corrected chi connectivity index (χ3v) is 2.61. The van der Waals surface area contributed by atoms with Crippen LogP contribution in [0.2, 0.25) is 0 Å². The first-order valence-electron chi connectivity index (χ1n) is 4.85. The summed E-state index contributed by atoms with van der Waals surface area (Å²) in [6.45, 7) is 5.82. The Morgan fingerprint density at radius 1 is 1.46 bits per heavy atom. The Morgan fingerprint density at radius 3 is 2.46 bits per heavy atom. The molecule has 1 aliphatic heterocycles. The highest BCUT2D eigenvalue weighted by Gasteiger charge is 2.25. The Morgan fingerprint density at radius 2 is 2.00 bits per heavy atom. The van der Waals surface area contributed by atoms with Crippen molar-refractivity contribution in [3.05, 3.63) is 0 Å². The van der Waals surface area contributed by atoms with Gasteiger partial charge in [-0.05, 0) is 13.8 Å². The molecule has 1 aliphatic rings. The molecule has 0 aromatic heterocycles. The number of rotatable bonds is 3. The van der Waals surface area contributed by atoms with Crippen LogP contribution in [-0.2, 0) is 0 Å². The summed E-state index contributed by atoms with van der Waals surface area (Å²) in [5.41, 5.74) is 0. The molecule has 0 aromatic carbocycles. The van der Waals surface area contributed by atoms with Gasteiger partial charge in [-0.25, -0.2) is 4.39 Å². The van der Waals surface area contributed by atoms with Crippen molar-refractivity contribution in [1.29, 1.82) is 0 Å². The smallest absolute Gasteiger partial charge is 0.117 e. The highest BCUT2D eigenvalue weighted by Crippen LogP contribution is 2.10. The van der Waals surface area contributed by atoms with Gasteiger partial charge in [0, 0.05) is 31.7 Å². The van der Waals surface area contributed by atoms with E-state index in [1.807, 2.05) is 0 Å². The molecular formula is C9H19FN2O. The molecule has 0 bridgehead atoms. The topological polar surface area (TPSA) is 35.5 Å². The van der Waals surface area contributed by atoms with Crippen molar-refractivity contribution >= 4 is 0 Å². The molecule has 2 N–H and O–H groups in total. The predicted octanol–water partition coefficient (Wildman–Crippen LogP) is -0.00100. The maximum atomic E-state index is 12.1. The molecule has 1 fully saturated rings. The first-order chi connectivity index (χ1) is 6.15. The molecule has 13 heavy (non-hydrogen) atoms. The molecular weight excluding hydrogens is 171 g/mol. The summed E-state index contributed by atoms with van der Waals surface area (Å²) >= 11 is 0. The summed E-state index contributed by atoms with van der Waals surface area (Å²) in [5, 5.41) is 12.5. The third-order valence-electron chi connectivity index (χ3n) is 2.61. The largest absolute Gasteiger partial charge is 0.389 e. The first kappa shape index (κ1) is 10.9. The number of aliphatic hydroxyl groups is 1. The first-order valence-corrected chi connectivity index (χ1v) is 4.85. The summed E-state index contributed by atoms with van der Waals surface area (Å²) in [6.07, 6.45) is -0.831. The fourth-order valence-corrected chi connectivity index (χ4v) is 1.82. The number of aliphatic hydroxyl groups excluding tert-OH is 1. The SMILES string of the molecule is CC1CNCC(C)N1CC(O)CF. The molecule has 1 saturated heterocycles. The van der Waals surface area contributed by atoms with E-state index in [4.69, 9.17) is 0 Å². The van der Waals surface area contributed by atoms with Crippen molar-refractivity contribution in [3.8, 4) is 0 Å².